The molecule has 0 aliphatic carbocycles. The number of carbonyl (C=O) groups is 1. The highest BCUT2D eigenvalue weighted by atomic mass is 19.1. The van der Waals surface area contributed by atoms with Gasteiger partial charge in [0.1, 0.15) is 11.6 Å². The molecule has 4 rings (SSSR count). The third-order valence-electron chi connectivity index (χ3n) is 5.72. The van der Waals surface area contributed by atoms with Gasteiger partial charge in [0, 0.05) is 25.7 Å². The molecule has 1 unspecified atom stereocenters. The van der Waals surface area contributed by atoms with E-state index in [-0.39, 0.29) is 24.2 Å². The molecule has 8 heteroatoms. The Morgan fingerprint density at radius 3 is 2.88 bits per heavy atom. The molecule has 7 nitrogen and oxygen atoms in total. The molecule has 32 heavy (non-hydrogen) atoms. The minimum Gasteiger partial charge on any atom is -0.497 e. The van der Waals surface area contributed by atoms with E-state index in [2.05, 4.69) is 15.0 Å². The first kappa shape index (κ1) is 22.0. The molecule has 1 fully saturated rings. The summed E-state index contributed by atoms with van der Waals surface area (Å²) in [6.07, 6.45) is 1.80. The van der Waals surface area contributed by atoms with Crippen LogP contribution in [0.4, 0.5) is 4.39 Å². The first-order chi connectivity index (χ1) is 15.5. The van der Waals surface area contributed by atoms with Crippen LogP contribution in [0.25, 0.3) is 11.4 Å². The highest BCUT2D eigenvalue weighted by Crippen LogP contribution is 2.23. The molecule has 0 saturated carbocycles. The second kappa shape index (κ2) is 9.91. The van der Waals surface area contributed by atoms with Crippen molar-refractivity contribution in [3.05, 3.63) is 65.8 Å². The zero-order valence-corrected chi connectivity index (χ0v) is 18.3. The lowest BCUT2D eigenvalue weighted by Crippen LogP contribution is -2.43. The standard InChI is InChI=1S/C24H27FN4O3/c1-28(16-22-26-23(27-32-22)18-5-3-7-21(13-18)31-2)24(30)19-6-4-12-29(15-19)14-17-8-10-20(25)11-9-17/h3,5,7-11,13,19H,4,6,12,14-16H2,1-2H3. The third-order valence-corrected chi connectivity index (χ3v) is 5.72. The Morgan fingerprint density at radius 2 is 2.09 bits per heavy atom. The SMILES string of the molecule is COc1cccc(-c2noc(CN(C)C(=O)C3CCCN(Cc4ccc(F)cc4)C3)n2)c1. The van der Waals surface area contributed by atoms with Crippen molar-refractivity contribution in [3.63, 3.8) is 0 Å². The lowest BCUT2D eigenvalue weighted by Gasteiger charge is -2.33. The summed E-state index contributed by atoms with van der Waals surface area (Å²) in [5.41, 5.74) is 1.83. The number of hydrogen-bond acceptors (Lipinski definition) is 6. The summed E-state index contributed by atoms with van der Waals surface area (Å²) in [7, 11) is 3.37. The van der Waals surface area contributed by atoms with Gasteiger partial charge in [-0.05, 0) is 49.2 Å². The van der Waals surface area contributed by atoms with Crippen molar-refractivity contribution < 1.29 is 18.4 Å². The van der Waals surface area contributed by atoms with Gasteiger partial charge >= 0.3 is 0 Å². The van der Waals surface area contributed by atoms with E-state index in [0.29, 0.717) is 30.6 Å². The Bertz CT molecular complexity index is 1050. The average Bonchev–Trinajstić information content (AvgIpc) is 3.29. The zero-order valence-electron chi connectivity index (χ0n) is 18.3. The largest absolute Gasteiger partial charge is 0.497 e. The van der Waals surface area contributed by atoms with Crippen LogP contribution in [0.5, 0.6) is 5.75 Å². The van der Waals surface area contributed by atoms with E-state index in [1.165, 1.54) is 12.1 Å². The van der Waals surface area contributed by atoms with Crippen molar-refractivity contribution >= 4 is 5.91 Å². The molecule has 0 N–H and O–H groups in total. The number of nitrogens with zero attached hydrogens (tertiary/aromatic N) is 4. The molecule has 1 aromatic heterocycles. The maximum Gasteiger partial charge on any atom is 0.246 e. The van der Waals surface area contributed by atoms with Crippen LogP contribution in [0.3, 0.4) is 0 Å². The molecule has 1 aliphatic heterocycles. The molecule has 3 aromatic rings. The predicted octanol–water partition coefficient (Wildman–Crippen LogP) is 3.75. The van der Waals surface area contributed by atoms with Gasteiger partial charge < -0.3 is 14.2 Å². The lowest BCUT2D eigenvalue weighted by molar-refractivity contribution is -0.137. The Balaban J connectivity index is 1.35. The van der Waals surface area contributed by atoms with E-state index in [0.717, 1.165) is 30.5 Å². The second-order valence-electron chi connectivity index (χ2n) is 8.14. The highest BCUT2D eigenvalue weighted by molar-refractivity contribution is 5.78. The van der Waals surface area contributed by atoms with Gasteiger partial charge in [0.25, 0.3) is 0 Å². The van der Waals surface area contributed by atoms with Gasteiger partial charge in [0.05, 0.1) is 19.6 Å². The highest BCUT2D eigenvalue weighted by Gasteiger charge is 2.28. The summed E-state index contributed by atoms with van der Waals surface area (Å²) in [6, 6.07) is 14.0. The van der Waals surface area contributed by atoms with Gasteiger partial charge in [-0.2, -0.15) is 4.98 Å². The number of methoxy groups -OCH3 is 1. The average molecular weight is 439 g/mol. The number of halogens is 1. The van der Waals surface area contributed by atoms with Crippen LogP contribution in [0.2, 0.25) is 0 Å². The number of likely N-dealkylation sites (tertiary alicyclic amines) is 1. The molecule has 1 atom stereocenters. The summed E-state index contributed by atoms with van der Waals surface area (Å²) in [5.74, 6) is 1.30. The zero-order chi connectivity index (χ0) is 22.5. The Hall–Kier alpha value is -3.26. The monoisotopic (exact) mass is 438 g/mol. The maximum absolute atomic E-state index is 13.1. The molecule has 1 aliphatic rings. The van der Waals surface area contributed by atoms with E-state index in [9.17, 15) is 9.18 Å². The summed E-state index contributed by atoms with van der Waals surface area (Å²) >= 11 is 0. The van der Waals surface area contributed by atoms with Crippen LogP contribution < -0.4 is 4.74 Å². The van der Waals surface area contributed by atoms with Crippen molar-refractivity contribution in [3.8, 4) is 17.1 Å². The molecule has 168 valence electrons. The topological polar surface area (TPSA) is 71.7 Å². The number of aromatic nitrogens is 2. The van der Waals surface area contributed by atoms with Gasteiger partial charge in [-0.3, -0.25) is 9.69 Å². The van der Waals surface area contributed by atoms with E-state index in [4.69, 9.17) is 9.26 Å². The quantitative estimate of drug-likeness (QED) is 0.560. The van der Waals surface area contributed by atoms with E-state index >= 15 is 0 Å². The molecule has 2 aromatic carbocycles. The molecule has 0 spiro atoms. The molecular formula is C24H27FN4O3. The molecule has 1 saturated heterocycles. The molecular weight excluding hydrogens is 411 g/mol. The summed E-state index contributed by atoms with van der Waals surface area (Å²) in [5, 5.41) is 4.04. The number of hydrogen-bond donors (Lipinski definition) is 0. The number of benzene rings is 2. The van der Waals surface area contributed by atoms with Crippen molar-refractivity contribution in [2.24, 2.45) is 5.92 Å². The predicted molar refractivity (Wildman–Crippen MR) is 117 cm³/mol. The van der Waals surface area contributed by atoms with Crippen molar-refractivity contribution in [1.82, 2.24) is 19.9 Å². The summed E-state index contributed by atoms with van der Waals surface area (Å²) in [4.78, 5) is 21.4. The molecule has 0 bridgehead atoms. The fourth-order valence-corrected chi connectivity index (χ4v) is 4.04. The number of carbonyl (C=O) groups excluding carboxylic acids is 1. The second-order valence-corrected chi connectivity index (χ2v) is 8.14. The van der Waals surface area contributed by atoms with Gasteiger partial charge in [-0.15, -0.1) is 0 Å². The van der Waals surface area contributed by atoms with Gasteiger partial charge in [0.2, 0.25) is 17.6 Å². The van der Waals surface area contributed by atoms with Gasteiger partial charge in [-0.1, -0.05) is 29.4 Å². The first-order valence-corrected chi connectivity index (χ1v) is 10.7. The fraction of sp³-hybridized carbons (Fsp3) is 0.375. The van der Waals surface area contributed by atoms with Crippen LogP contribution >= 0.6 is 0 Å². The number of rotatable bonds is 7. The van der Waals surface area contributed by atoms with E-state index in [1.807, 2.05) is 24.3 Å². The Labute approximate surface area is 186 Å². The fourth-order valence-electron chi connectivity index (χ4n) is 4.04. The van der Waals surface area contributed by atoms with Gasteiger partial charge in [-0.25, -0.2) is 4.39 Å². The smallest absolute Gasteiger partial charge is 0.246 e. The summed E-state index contributed by atoms with van der Waals surface area (Å²) in [6.45, 7) is 2.57. The van der Waals surface area contributed by atoms with Crippen molar-refractivity contribution in [2.75, 3.05) is 27.2 Å². The lowest BCUT2D eigenvalue weighted by atomic mass is 9.96. The molecule has 2 heterocycles. The van der Waals surface area contributed by atoms with Crippen LogP contribution in [0, 0.1) is 11.7 Å². The molecule has 1 amide bonds. The van der Waals surface area contributed by atoms with E-state index in [1.54, 1.807) is 31.2 Å². The third kappa shape index (κ3) is 5.31. The minimum atomic E-state index is -0.238. The van der Waals surface area contributed by atoms with E-state index < -0.39 is 0 Å². The van der Waals surface area contributed by atoms with Crippen LogP contribution in [0.15, 0.2) is 53.1 Å². The Kier molecular flexibility index (Phi) is 6.80. The maximum atomic E-state index is 13.1. The Morgan fingerprint density at radius 1 is 1.28 bits per heavy atom. The first-order valence-electron chi connectivity index (χ1n) is 10.7. The van der Waals surface area contributed by atoms with Crippen LogP contribution in [-0.4, -0.2) is 53.1 Å². The molecule has 0 radical (unpaired) electrons. The number of ether oxygens (including phenoxy) is 1. The van der Waals surface area contributed by atoms with Crippen LogP contribution in [-0.2, 0) is 17.9 Å². The minimum absolute atomic E-state index is 0.0648. The number of amides is 1. The van der Waals surface area contributed by atoms with Crippen LogP contribution in [0.1, 0.15) is 24.3 Å². The normalized spacial score (nSPS) is 16.7. The number of piperidine rings is 1. The van der Waals surface area contributed by atoms with Gasteiger partial charge in [0.15, 0.2) is 0 Å². The van der Waals surface area contributed by atoms with Crippen molar-refractivity contribution in [1.29, 1.82) is 0 Å². The summed E-state index contributed by atoms with van der Waals surface area (Å²) < 4.78 is 23.8. The van der Waals surface area contributed by atoms with Crippen molar-refractivity contribution in [2.45, 2.75) is 25.9 Å².